The summed E-state index contributed by atoms with van der Waals surface area (Å²) < 4.78 is 2.68. The van der Waals surface area contributed by atoms with Crippen LogP contribution in [0.25, 0.3) is 69.6 Å². The van der Waals surface area contributed by atoms with E-state index in [1.165, 1.54) is 47.6 Å². The Bertz CT molecular complexity index is 2760. The summed E-state index contributed by atoms with van der Waals surface area (Å²) in [6.45, 7) is 22.1. The highest BCUT2D eigenvalue weighted by Gasteiger charge is 2.39. The van der Waals surface area contributed by atoms with E-state index in [9.17, 15) is 0 Å². The van der Waals surface area contributed by atoms with Crippen molar-refractivity contribution >= 4 is 69.8 Å². The van der Waals surface area contributed by atoms with Crippen molar-refractivity contribution < 1.29 is 0 Å². The molecule has 0 radical (unpaired) electrons. The van der Waals surface area contributed by atoms with Crippen molar-refractivity contribution in [1.29, 1.82) is 0 Å². The van der Waals surface area contributed by atoms with Gasteiger partial charge in [-0.15, -0.1) is 11.3 Å². The zero-order valence-electron chi connectivity index (χ0n) is 29.7. The Balaban J connectivity index is 1.22. The van der Waals surface area contributed by atoms with Crippen LogP contribution in [0, 0.1) is 0 Å². The van der Waals surface area contributed by atoms with Crippen LogP contribution >= 0.6 is 11.3 Å². The van der Waals surface area contributed by atoms with E-state index in [1.807, 2.05) is 23.5 Å². The number of thiophene rings is 1. The molecule has 1 heterocycles. The van der Waals surface area contributed by atoms with E-state index in [0.29, 0.717) is 0 Å². The van der Waals surface area contributed by atoms with Gasteiger partial charge in [0.15, 0.2) is 0 Å². The minimum absolute atomic E-state index is 0.228. The molecule has 250 valence electrons. The van der Waals surface area contributed by atoms with Crippen molar-refractivity contribution in [3.63, 3.8) is 0 Å². The lowest BCUT2D eigenvalue weighted by Gasteiger charge is -2.23. The fourth-order valence-electron chi connectivity index (χ4n) is 7.77. The zero-order valence-corrected chi connectivity index (χ0v) is 30.6. The van der Waals surface area contributed by atoms with E-state index < -0.39 is 0 Å². The molecule has 0 amide bonds. The highest BCUT2D eigenvalue weighted by molar-refractivity contribution is 7.26. The normalized spacial score (nSPS) is 14.3. The maximum atomic E-state index is 4.70. The van der Waals surface area contributed by atoms with Crippen molar-refractivity contribution in [2.45, 2.75) is 19.3 Å². The van der Waals surface area contributed by atoms with Crippen LogP contribution in [0.3, 0.4) is 0 Å². The fraction of sp³-hybridized carbons (Fsp3) is 0.0588. The highest BCUT2D eigenvalue weighted by atomic mass is 32.1. The van der Waals surface area contributed by atoms with Gasteiger partial charge in [-0.2, -0.15) is 0 Å². The third-order valence-corrected chi connectivity index (χ3v) is 11.8. The van der Waals surface area contributed by atoms with Crippen molar-refractivity contribution in [3.8, 4) is 11.1 Å². The van der Waals surface area contributed by atoms with Gasteiger partial charge in [0.2, 0.25) is 0 Å². The van der Waals surface area contributed by atoms with Crippen LogP contribution in [0.15, 0.2) is 190 Å². The topological polar surface area (TPSA) is 0 Å². The van der Waals surface area contributed by atoms with Gasteiger partial charge >= 0.3 is 0 Å². The van der Waals surface area contributed by atoms with Gasteiger partial charge in [-0.3, -0.25) is 0 Å². The first-order chi connectivity index (χ1) is 25.3. The molecule has 0 saturated carbocycles. The Morgan fingerprint density at radius 3 is 2.08 bits per heavy atom. The highest BCUT2D eigenvalue weighted by Crippen LogP contribution is 2.54. The number of fused-ring (bicyclic) bond motifs is 8. The quantitative estimate of drug-likeness (QED) is 0.153. The molecule has 0 atom stereocenters. The van der Waals surface area contributed by atoms with E-state index >= 15 is 0 Å². The summed E-state index contributed by atoms with van der Waals surface area (Å²) in [5.41, 5.74) is 11.0. The van der Waals surface area contributed by atoms with Gasteiger partial charge in [-0.1, -0.05) is 186 Å². The second-order valence-electron chi connectivity index (χ2n) is 14.0. The van der Waals surface area contributed by atoms with Gasteiger partial charge in [0.05, 0.1) is 0 Å². The molecule has 0 fully saturated rings. The summed E-state index contributed by atoms with van der Waals surface area (Å²) >= 11 is 1.90. The van der Waals surface area contributed by atoms with E-state index in [-0.39, 0.29) is 5.41 Å². The third-order valence-electron chi connectivity index (χ3n) is 10.6. The molecular weight excluding hydrogens is 645 g/mol. The van der Waals surface area contributed by atoms with Crippen LogP contribution in [0.5, 0.6) is 0 Å². The minimum Gasteiger partial charge on any atom is -0.135 e. The van der Waals surface area contributed by atoms with Crippen LogP contribution in [-0.2, 0) is 5.41 Å². The monoisotopic (exact) mass is 684 g/mol. The van der Waals surface area contributed by atoms with Gasteiger partial charge < -0.3 is 0 Å². The lowest BCUT2D eigenvalue weighted by Crippen LogP contribution is -2.14. The summed E-state index contributed by atoms with van der Waals surface area (Å²) in [5, 5.41) is 7.56. The maximum absolute atomic E-state index is 4.70. The standard InChI is InChI=1S/C51H40S/c1-7-8-17-33(2)39-18-11-9-10-12-19-40(42-21-14-13-20-41(39)42)37-26-24-36(25-27-37)34(3)32-46-35(4)51(5,6)49-44(46)30-28-38-29-31-45-43-22-15-16-23-47(43)52-50(45)48(38)49/h7-32H,1-4H2,5-6H3/b10-9?,11-9?,12-10?,17-8-,18-11?,19-12?,39-18?,40-19?,41-39?,42-40?,46-32+. The molecule has 1 heteroatoms. The molecule has 1 aliphatic rings. The third kappa shape index (κ3) is 5.55. The lowest BCUT2D eigenvalue weighted by atomic mass is 9.80. The van der Waals surface area contributed by atoms with E-state index in [1.54, 1.807) is 6.08 Å². The summed E-state index contributed by atoms with van der Waals surface area (Å²) in [6.07, 6.45) is 7.96. The van der Waals surface area contributed by atoms with Crippen LogP contribution < -0.4 is 0 Å². The molecule has 52 heavy (non-hydrogen) atoms. The summed E-state index contributed by atoms with van der Waals surface area (Å²) in [6, 6.07) is 47.8. The van der Waals surface area contributed by atoms with Gasteiger partial charge in [0, 0.05) is 31.0 Å². The van der Waals surface area contributed by atoms with Gasteiger partial charge in [-0.05, 0) is 84.0 Å². The Morgan fingerprint density at radius 2 is 1.31 bits per heavy atom. The molecule has 0 nitrogen and oxygen atoms in total. The SMILES string of the molecule is C=C/C=C\C(=C)c1ccccccc(-c2ccc(C(=C)/C=C3\C(=C)C(C)(C)c4c3ccc3ccc5c6ccccc6sc5c43)cc2)c2ccccc12. The zero-order chi connectivity index (χ0) is 36.0. The molecule has 0 saturated heterocycles. The largest absolute Gasteiger partial charge is 0.135 e. The molecule has 6 aromatic carbocycles. The molecule has 1 aromatic heterocycles. The molecule has 0 N–H and O–H groups in total. The average Bonchev–Trinajstić information content (AvgIpc) is 3.64. The second-order valence-corrected chi connectivity index (χ2v) is 15.0. The summed E-state index contributed by atoms with van der Waals surface area (Å²) in [7, 11) is 0. The predicted octanol–water partition coefficient (Wildman–Crippen LogP) is 14.9. The van der Waals surface area contributed by atoms with Crippen LogP contribution in [0.2, 0.25) is 0 Å². The molecular formula is C51H40S. The van der Waals surface area contributed by atoms with Crippen LogP contribution in [0.1, 0.15) is 36.1 Å². The molecule has 0 bridgehead atoms. The van der Waals surface area contributed by atoms with Crippen LogP contribution in [0.4, 0.5) is 0 Å². The Kier molecular flexibility index (Phi) is 8.46. The summed E-state index contributed by atoms with van der Waals surface area (Å²) in [5.74, 6) is 0. The number of rotatable bonds is 6. The fourth-order valence-corrected chi connectivity index (χ4v) is 9.04. The first-order valence-corrected chi connectivity index (χ1v) is 18.5. The Labute approximate surface area is 310 Å². The lowest BCUT2D eigenvalue weighted by molar-refractivity contribution is 0.669. The molecule has 7 aromatic rings. The van der Waals surface area contributed by atoms with Gasteiger partial charge in [0.1, 0.15) is 0 Å². The molecule has 1 aliphatic carbocycles. The second kappa shape index (κ2) is 13.3. The van der Waals surface area contributed by atoms with E-state index in [4.69, 9.17) is 6.58 Å². The van der Waals surface area contributed by atoms with Crippen LogP contribution in [-0.4, -0.2) is 0 Å². The van der Waals surface area contributed by atoms with Crippen molar-refractivity contribution in [1.82, 2.24) is 0 Å². The number of hydrogen-bond acceptors (Lipinski definition) is 1. The van der Waals surface area contributed by atoms with Crippen molar-refractivity contribution in [2.75, 3.05) is 0 Å². The molecule has 8 rings (SSSR count). The van der Waals surface area contributed by atoms with Crippen molar-refractivity contribution in [3.05, 3.63) is 212 Å². The van der Waals surface area contributed by atoms with Gasteiger partial charge in [0.25, 0.3) is 0 Å². The number of allylic oxidation sites excluding steroid dienone is 8. The molecule has 0 spiro atoms. The smallest absolute Gasteiger partial charge is 0.0437 e. The summed E-state index contributed by atoms with van der Waals surface area (Å²) in [4.78, 5) is 0. The minimum atomic E-state index is -0.228. The Morgan fingerprint density at radius 1 is 0.635 bits per heavy atom. The molecule has 0 aliphatic heterocycles. The first kappa shape index (κ1) is 33.1. The van der Waals surface area contributed by atoms with E-state index in [0.717, 1.165) is 49.7 Å². The predicted molar refractivity (Wildman–Crippen MR) is 231 cm³/mol. The molecule has 0 unspecified atom stereocenters. The first-order valence-electron chi connectivity index (χ1n) is 17.7. The maximum Gasteiger partial charge on any atom is 0.0437 e. The van der Waals surface area contributed by atoms with Crippen molar-refractivity contribution in [2.24, 2.45) is 0 Å². The number of hydrogen-bond donors (Lipinski definition) is 0. The van der Waals surface area contributed by atoms with Gasteiger partial charge in [-0.25, -0.2) is 0 Å². The average molecular weight is 685 g/mol. The number of benzene rings is 5. The van der Waals surface area contributed by atoms with E-state index in [2.05, 4.69) is 173 Å². The Hall–Kier alpha value is -6.02.